The molecule has 0 spiro atoms. The third-order valence-corrected chi connectivity index (χ3v) is 7.82. The number of urea groups is 1. The first-order chi connectivity index (χ1) is 19.1. The number of anilines is 2. The van der Waals surface area contributed by atoms with E-state index < -0.39 is 82.3 Å². The summed E-state index contributed by atoms with van der Waals surface area (Å²) in [6.07, 6.45) is -0.0316. The maximum Gasteiger partial charge on any atom is 0.326 e. The summed E-state index contributed by atoms with van der Waals surface area (Å²) in [6, 6.07) is -0.913. The number of ketones is 2. The first-order valence-electron chi connectivity index (χ1n) is 12.5. The van der Waals surface area contributed by atoms with Gasteiger partial charge in [0, 0.05) is 31.3 Å². The van der Waals surface area contributed by atoms with Crippen LogP contribution in [0.2, 0.25) is 0 Å². The van der Waals surface area contributed by atoms with E-state index in [0.29, 0.717) is 11.3 Å². The first kappa shape index (κ1) is 29.5. The molecule has 220 valence electrons. The van der Waals surface area contributed by atoms with Crippen LogP contribution in [0.1, 0.15) is 17.5 Å². The lowest BCUT2D eigenvalue weighted by molar-refractivity contribution is -0.153. The van der Waals surface area contributed by atoms with E-state index >= 15 is 0 Å². The van der Waals surface area contributed by atoms with Crippen LogP contribution in [0.5, 0.6) is 5.75 Å². The molecule has 1 saturated carbocycles. The zero-order valence-electron chi connectivity index (χ0n) is 22.7. The van der Waals surface area contributed by atoms with Crippen LogP contribution in [0.15, 0.2) is 23.0 Å². The van der Waals surface area contributed by atoms with Gasteiger partial charge in [-0.3, -0.25) is 29.4 Å². The number of aromatic hydroxyl groups is 1. The molecular formula is C26H31N5O10. The van der Waals surface area contributed by atoms with Crippen molar-refractivity contribution in [2.75, 3.05) is 45.0 Å². The summed E-state index contributed by atoms with van der Waals surface area (Å²) >= 11 is 0. The molecule has 0 radical (unpaired) electrons. The Balaban J connectivity index is 1.93. The lowest BCUT2D eigenvalue weighted by Crippen LogP contribution is -2.65. The number of carbonyl (C=O) groups is 5. The number of benzene rings is 1. The molecule has 0 unspecified atom stereocenters. The fourth-order valence-corrected chi connectivity index (χ4v) is 6.11. The molecule has 0 bridgehead atoms. The molecule has 4 amide bonds. The summed E-state index contributed by atoms with van der Waals surface area (Å²) in [5.41, 5.74) is 1.58. The van der Waals surface area contributed by atoms with Crippen molar-refractivity contribution in [2.24, 2.45) is 17.6 Å². The molecule has 4 atom stereocenters. The highest BCUT2D eigenvalue weighted by Crippen LogP contribution is 2.54. The Bertz CT molecular complexity index is 1460. The number of nitrogens with zero attached hydrogens (tertiary/aromatic N) is 2. The van der Waals surface area contributed by atoms with Gasteiger partial charge in [-0.15, -0.1) is 0 Å². The molecule has 0 saturated heterocycles. The lowest BCUT2D eigenvalue weighted by Gasteiger charge is -2.50. The molecule has 9 N–H and O–H groups in total. The average Bonchev–Trinajstić information content (AvgIpc) is 2.87. The molecule has 41 heavy (non-hydrogen) atoms. The zero-order chi connectivity index (χ0) is 30.7. The van der Waals surface area contributed by atoms with E-state index in [4.69, 9.17) is 10.8 Å². The molecule has 3 aliphatic carbocycles. The highest BCUT2D eigenvalue weighted by molar-refractivity contribution is 6.24. The first-order valence-corrected chi connectivity index (χ1v) is 12.5. The van der Waals surface area contributed by atoms with Gasteiger partial charge in [0.1, 0.15) is 23.7 Å². The standard InChI is InChI=1S/C26H31N5O10/c1-30(2)13-7-12(28-25(40)29-14(33)8-32)19(34)16-10(13)5-9-6-11-18(31(3)4)21(36)17(24(27)39)23(38)26(11,41)22(37)15(9)20(16)35/h7,9,11,18,32,34-35,38,41H,5-6,8H2,1-4H3,(H2,27,39)(H2,28,29,33,40)/t9-,11-,18-,26-/m0/s1. The van der Waals surface area contributed by atoms with Gasteiger partial charge in [-0.2, -0.15) is 0 Å². The van der Waals surface area contributed by atoms with Crippen LogP contribution in [0.3, 0.4) is 0 Å². The Kier molecular flexibility index (Phi) is 7.32. The van der Waals surface area contributed by atoms with Gasteiger partial charge in [0.2, 0.25) is 5.78 Å². The maximum absolute atomic E-state index is 14.0. The summed E-state index contributed by atoms with van der Waals surface area (Å²) in [5, 5.41) is 58.1. The predicted molar refractivity (Wildman–Crippen MR) is 143 cm³/mol. The average molecular weight is 574 g/mol. The lowest BCUT2D eigenvalue weighted by atomic mass is 9.57. The summed E-state index contributed by atoms with van der Waals surface area (Å²) in [7, 11) is 6.33. The maximum atomic E-state index is 14.0. The number of carbonyl (C=O) groups excluding carboxylic acids is 5. The Hall–Kier alpha value is -4.47. The largest absolute Gasteiger partial charge is 0.508 e. The number of hydrogen-bond donors (Lipinski definition) is 8. The van der Waals surface area contributed by atoms with Crippen LogP contribution in [-0.2, 0) is 25.6 Å². The van der Waals surface area contributed by atoms with Crippen LogP contribution in [-0.4, -0.2) is 106 Å². The van der Waals surface area contributed by atoms with Crippen molar-refractivity contribution in [3.8, 4) is 5.75 Å². The topological polar surface area (TPSA) is 243 Å². The number of rotatable bonds is 5. The Morgan fingerprint density at radius 3 is 2.29 bits per heavy atom. The molecule has 1 aromatic carbocycles. The summed E-state index contributed by atoms with van der Waals surface area (Å²) in [5.74, 6) is -8.97. The fourth-order valence-electron chi connectivity index (χ4n) is 6.11. The molecule has 1 aromatic rings. The van der Waals surface area contributed by atoms with Gasteiger partial charge < -0.3 is 41.5 Å². The van der Waals surface area contributed by atoms with Gasteiger partial charge in [-0.25, -0.2) is 4.79 Å². The second-order valence-electron chi connectivity index (χ2n) is 10.7. The molecule has 15 heteroatoms. The quantitative estimate of drug-likeness (QED) is 0.151. The third kappa shape index (κ3) is 4.38. The van der Waals surface area contributed by atoms with Crippen molar-refractivity contribution < 1.29 is 49.5 Å². The van der Waals surface area contributed by atoms with Crippen LogP contribution in [0, 0.1) is 11.8 Å². The number of phenolic OH excluding ortho intramolecular Hbond substituents is 1. The Morgan fingerprint density at radius 1 is 1.12 bits per heavy atom. The normalized spacial score (nSPS) is 25.4. The van der Waals surface area contributed by atoms with Crippen LogP contribution < -0.4 is 21.3 Å². The monoisotopic (exact) mass is 573 g/mol. The van der Waals surface area contributed by atoms with E-state index in [1.165, 1.54) is 25.1 Å². The number of Topliss-reactive ketones (excluding diaryl/α,β-unsaturated/α-hetero) is 2. The van der Waals surface area contributed by atoms with E-state index in [9.17, 15) is 44.4 Å². The predicted octanol–water partition coefficient (Wildman–Crippen LogP) is -1.33. The van der Waals surface area contributed by atoms with Gasteiger partial charge >= 0.3 is 6.03 Å². The van der Waals surface area contributed by atoms with E-state index in [-0.39, 0.29) is 29.7 Å². The third-order valence-electron chi connectivity index (χ3n) is 7.82. The summed E-state index contributed by atoms with van der Waals surface area (Å²) in [6.45, 7) is -0.966. The number of imide groups is 1. The molecule has 0 aliphatic heterocycles. The smallest absolute Gasteiger partial charge is 0.326 e. The number of likely N-dealkylation sites (N-methyl/N-ethyl adjacent to an activating group) is 1. The van der Waals surface area contributed by atoms with E-state index in [2.05, 4.69) is 5.32 Å². The molecule has 3 aliphatic rings. The van der Waals surface area contributed by atoms with Crippen molar-refractivity contribution in [2.45, 2.75) is 24.5 Å². The Morgan fingerprint density at radius 2 is 1.76 bits per heavy atom. The van der Waals surface area contributed by atoms with E-state index in [0.717, 1.165) is 0 Å². The SMILES string of the molecule is CN(C)c1cc(NC(=O)NC(=O)CO)c(O)c2c1C[C@H]1C[C@H]3[C@H](N(C)C)C(=O)C(C(N)=O)=C(O)[C@@]3(O)C(=O)C1=C2O. The van der Waals surface area contributed by atoms with Crippen molar-refractivity contribution in [1.29, 1.82) is 0 Å². The fraction of sp³-hybridized carbons (Fsp3) is 0.423. The van der Waals surface area contributed by atoms with Gasteiger partial charge in [0.25, 0.3) is 11.8 Å². The molecule has 15 nitrogen and oxygen atoms in total. The number of amides is 4. The second kappa shape index (κ2) is 10.2. The van der Waals surface area contributed by atoms with E-state index in [1.807, 2.05) is 5.32 Å². The molecule has 0 heterocycles. The zero-order valence-corrected chi connectivity index (χ0v) is 22.7. The van der Waals surface area contributed by atoms with E-state index in [1.54, 1.807) is 19.0 Å². The van der Waals surface area contributed by atoms with Crippen molar-refractivity contribution >= 4 is 46.5 Å². The van der Waals surface area contributed by atoms with Crippen LogP contribution in [0.4, 0.5) is 16.2 Å². The minimum atomic E-state index is -2.79. The van der Waals surface area contributed by atoms with Crippen molar-refractivity contribution in [3.63, 3.8) is 0 Å². The van der Waals surface area contributed by atoms with Gasteiger partial charge in [0.05, 0.1) is 17.3 Å². The number of nitrogens with two attached hydrogens (primary N) is 1. The minimum Gasteiger partial charge on any atom is -0.508 e. The Labute approximate surface area is 233 Å². The molecule has 1 fully saturated rings. The van der Waals surface area contributed by atoms with Crippen molar-refractivity contribution in [1.82, 2.24) is 10.2 Å². The summed E-state index contributed by atoms with van der Waals surface area (Å²) in [4.78, 5) is 65.9. The second-order valence-corrected chi connectivity index (χ2v) is 10.7. The highest BCUT2D eigenvalue weighted by atomic mass is 16.3. The summed E-state index contributed by atoms with van der Waals surface area (Å²) < 4.78 is 0. The molecule has 0 aromatic heterocycles. The minimum absolute atomic E-state index is 0.0467. The van der Waals surface area contributed by atoms with Crippen LogP contribution in [0.25, 0.3) is 5.76 Å². The number of aliphatic hydroxyl groups excluding tert-OH is 3. The van der Waals surface area contributed by atoms with Crippen LogP contribution >= 0.6 is 0 Å². The number of nitrogens with one attached hydrogen (secondary N) is 2. The number of phenols is 1. The van der Waals surface area contributed by atoms with Gasteiger partial charge in [-0.05, 0) is 44.5 Å². The number of hydrogen-bond acceptors (Lipinski definition) is 12. The molecule has 4 rings (SSSR count). The van der Waals surface area contributed by atoms with Gasteiger partial charge in [-0.1, -0.05) is 0 Å². The highest BCUT2D eigenvalue weighted by Gasteiger charge is 2.64. The molecular weight excluding hydrogens is 542 g/mol. The number of primary amides is 1. The van der Waals surface area contributed by atoms with Gasteiger partial charge in [0.15, 0.2) is 17.1 Å². The van der Waals surface area contributed by atoms with Crippen molar-refractivity contribution in [3.05, 3.63) is 34.1 Å². The number of fused-ring (bicyclic) bond motifs is 3. The number of aliphatic hydroxyl groups is 4.